The van der Waals surface area contributed by atoms with E-state index < -0.39 is 0 Å². The number of rotatable bonds is 7. The summed E-state index contributed by atoms with van der Waals surface area (Å²) < 4.78 is 0. The third kappa shape index (κ3) is 9.47. The van der Waals surface area contributed by atoms with Crippen LogP contribution in [0, 0.1) is 5.92 Å². The molecule has 0 unspecified atom stereocenters. The van der Waals surface area contributed by atoms with E-state index in [0.29, 0.717) is 6.42 Å². The Kier molecular flexibility index (Phi) is 6.82. The molecule has 12 heavy (non-hydrogen) atoms. The van der Waals surface area contributed by atoms with E-state index in [1.165, 1.54) is 19.3 Å². The molecule has 0 heterocycles. The lowest BCUT2D eigenvalue weighted by Crippen LogP contribution is -2.09. The van der Waals surface area contributed by atoms with Crippen LogP contribution >= 0.6 is 0 Å². The summed E-state index contributed by atoms with van der Waals surface area (Å²) in [4.78, 5) is 10.4. The van der Waals surface area contributed by atoms with Gasteiger partial charge < -0.3 is 5.73 Å². The van der Waals surface area contributed by atoms with E-state index >= 15 is 0 Å². The van der Waals surface area contributed by atoms with Gasteiger partial charge in [-0.1, -0.05) is 39.5 Å². The number of hydrogen-bond donors (Lipinski definition) is 1. The Morgan fingerprint density at radius 2 is 1.75 bits per heavy atom. The molecule has 0 atom stereocenters. The molecule has 1 amide bonds. The summed E-state index contributed by atoms with van der Waals surface area (Å²) >= 11 is 0. The Labute approximate surface area is 75.5 Å². The molecule has 2 heteroatoms. The van der Waals surface area contributed by atoms with Crippen LogP contribution in [-0.2, 0) is 4.79 Å². The van der Waals surface area contributed by atoms with Crippen LogP contribution in [0.1, 0.15) is 52.4 Å². The van der Waals surface area contributed by atoms with E-state index in [1.807, 2.05) is 0 Å². The van der Waals surface area contributed by atoms with Crippen molar-refractivity contribution in [2.45, 2.75) is 52.4 Å². The Morgan fingerprint density at radius 3 is 2.25 bits per heavy atom. The molecule has 0 aliphatic rings. The average Bonchev–Trinajstić information content (AvgIpc) is 1.95. The van der Waals surface area contributed by atoms with Crippen molar-refractivity contribution in [2.24, 2.45) is 11.7 Å². The fraction of sp³-hybridized carbons (Fsp3) is 0.900. The maximum Gasteiger partial charge on any atom is 0.217 e. The van der Waals surface area contributed by atoms with E-state index in [1.54, 1.807) is 0 Å². The second-order valence-electron chi connectivity index (χ2n) is 3.81. The lowest BCUT2D eigenvalue weighted by Gasteiger charge is -2.03. The van der Waals surface area contributed by atoms with Crippen molar-refractivity contribution in [1.82, 2.24) is 0 Å². The van der Waals surface area contributed by atoms with Gasteiger partial charge in [0.25, 0.3) is 0 Å². The lowest BCUT2D eigenvalue weighted by molar-refractivity contribution is -0.118. The molecule has 0 radical (unpaired) electrons. The fourth-order valence-corrected chi connectivity index (χ4v) is 1.21. The van der Waals surface area contributed by atoms with Gasteiger partial charge >= 0.3 is 0 Å². The van der Waals surface area contributed by atoms with Gasteiger partial charge in [-0.15, -0.1) is 0 Å². The highest BCUT2D eigenvalue weighted by atomic mass is 16.1. The van der Waals surface area contributed by atoms with Crippen LogP contribution in [0.25, 0.3) is 0 Å². The number of nitrogens with two attached hydrogens (primary N) is 1. The minimum Gasteiger partial charge on any atom is -0.370 e. The van der Waals surface area contributed by atoms with Gasteiger partial charge in [0.2, 0.25) is 5.91 Å². The zero-order valence-corrected chi connectivity index (χ0v) is 8.31. The monoisotopic (exact) mass is 171 g/mol. The van der Waals surface area contributed by atoms with Crippen LogP contribution < -0.4 is 5.73 Å². The summed E-state index contributed by atoms with van der Waals surface area (Å²) in [7, 11) is 0. The Hall–Kier alpha value is -0.530. The van der Waals surface area contributed by atoms with Crippen molar-refractivity contribution in [3.8, 4) is 0 Å². The molecule has 0 aliphatic carbocycles. The summed E-state index contributed by atoms with van der Waals surface area (Å²) in [6.07, 6.45) is 6.50. The minimum atomic E-state index is -0.168. The second kappa shape index (κ2) is 7.14. The maximum atomic E-state index is 10.4. The Bertz CT molecular complexity index is 121. The van der Waals surface area contributed by atoms with Crippen molar-refractivity contribution in [3.05, 3.63) is 0 Å². The number of hydrogen-bond acceptors (Lipinski definition) is 1. The molecule has 0 fully saturated rings. The SMILES string of the molecule is CC(C)CCCCCCC(N)=O. The second-order valence-corrected chi connectivity index (χ2v) is 3.81. The average molecular weight is 171 g/mol. The molecule has 2 N–H and O–H groups in total. The standard InChI is InChI=1S/C10H21NO/c1-9(2)7-5-3-4-6-8-10(11)12/h9H,3-8H2,1-2H3,(H2,11,12). The quantitative estimate of drug-likeness (QED) is 0.587. The third-order valence-corrected chi connectivity index (χ3v) is 1.95. The molecule has 0 bridgehead atoms. The van der Waals surface area contributed by atoms with Crippen molar-refractivity contribution in [3.63, 3.8) is 0 Å². The van der Waals surface area contributed by atoms with Crippen LogP contribution in [0.5, 0.6) is 0 Å². The zero-order valence-electron chi connectivity index (χ0n) is 8.31. The number of amides is 1. The third-order valence-electron chi connectivity index (χ3n) is 1.95. The van der Waals surface area contributed by atoms with Gasteiger partial charge in [0, 0.05) is 6.42 Å². The fourth-order valence-electron chi connectivity index (χ4n) is 1.21. The summed E-state index contributed by atoms with van der Waals surface area (Å²) in [6, 6.07) is 0. The Balaban J connectivity index is 2.96. The molecule has 0 aromatic heterocycles. The van der Waals surface area contributed by atoms with Gasteiger partial charge in [0.15, 0.2) is 0 Å². The van der Waals surface area contributed by atoms with Crippen molar-refractivity contribution in [1.29, 1.82) is 0 Å². The van der Waals surface area contributed by atoms with Gasteiger partial charge in [-0.25, -0.2) is 0 Å². The summed E-state index contributed by atoms with van der Waals surface area (Å²) in [5.41, 5.74) is 5.02. The molecule has 0 saturated carbocycles. The van der Waals surface area contributed by atoms with E-state index in [9.17, 15) is 4.79 Å². The van der Waals surface area contributed by atoms with Crippen LogP contribution in [0.3, 0.4) is 0 Å². The van der Waals surface area contributed by atoms with Crippen LogP contribution in [0.4, 0.5) is 0 Å². The molecule has 0 saturated heterocycles. The van der Waals surface area contributed by atoms with E-state index in [0.717, 1.165) is 18.8 Å². The first-order valence-corrected chi connectivity index (χ1v) is 4.91. The molecule has 72 valence electrons. The Morgan fingerprint density at radius 1 is 1.17 bits per heavy atom. The topological polar surface area (TPSA) is 43.1 Å². The molecule has 2 nitrogen and oxygen atoms in total. The number of unbranched alkanes of at least 4 members (excludes halogenated alkanes) is 3. The molecule has 0 aromatic carbocycles. The number of carbonyl (C=O) groups excluding carboxylic acids is 1. The van der Waals surface area contributed by atoms with Gasteiger partial charge in [-0.3, -0.25) is 4.79 Å². The first-order chi connectivity index (χ1) is 5.63. The molecule has 0 rings (SSSR count). The lowest BCUT2D eigenvalue weighted by atomic mass is 10.0. The van der Waals surface area contributed by atoms with E-state index in [2.05, 4.69) is 13.8 Å². The van der Waals surface area contributed by atoms with Crippen LogP contribution in [0.2, 0.25) is 0 Å². The normalized spacial score (nSPS) is 10.6. The highest BCUT2D eigenvalue weighted by Gasteiger charge is 1.96. The first-order valence-electron chi connectivity index (χ1n) is 4.91. The minimum absolute atomic E-state index is 0.168. The van der Waals surface area contributed by atoms with E-state index in [4.69, 9.17) is 5.73 Å². The highest BCUT2D eigenvalue weighted by Crippen LogP contribution is 2.09. The van der Waals surface area contributed by atoms with Crippen LogP contribution in [-0.4, -0.2) is 5.91 Å². The van der Waals surface area contributed by atoms with Gasteiger partial charge in [0.1, 0.15) is 0 Å². The smallest absolute Gasteiger partial charge is 0.217 e. The highest BCUT2D eigenvalue weighted by molar-refractivity contribution is 5.73. The van der Waals surface area contributed by atoms with Gasteiger partial charge in [0.05, 0.1) is 0 Å². The largest absolute Gasteiger partial charge is 0.370 e. The summed E-state index contributed by atoms with van der Waals surface area (Å²) in [5.74, 6) is 0.639. The van der Waals surface area contributed by atoms with Crippen molar-refractivity contribution in [2.75, 3.05) is 0 Å². The number of carbonyl (C=O) groups is 1. The molecular weight excluding hydrogens is 150 g/mol. The molecule has 0 aliphatic heterocycles. The van der Waals surface area contributed by atoms with E-state index in [-0.39, 0.29) is 5.91 Å². The molecule has 0 aromatic rings. The van der Waals surface area contributed by atoms with Crippen molar-refractivity contribution < 1.29 is 4.79 Å². The number of primary amides is 1. The van der Waals surface area contributed by atoms with Crippen LogP contribution in [0.15, 0.2) is 0 Å². The molecular formula is C10H21NO. The molecule has 0 spiro atoms. The van der Waals surface area contributed by atoms with Gasteiger partial charge in [-0.05, 0) is 12.3 Å². The maximum absolute atomic E-state index is 10.4. The van der Waals surface area contributed by atoms with Gasteiger partial charge in [-0.2, -0.15) is 0 Å². The first kappa shape index (κ1) is 11.5. The zero-order chi connectivity index (χ0) is 9.40. The predicted octanol–water partition coefficient (Wildman–Crippen LogP) is 2.47. The van der Waals surface area contributed by atoms with Crippen molar-refractivity contribution >= 4 is 5.91 Å². The summed E-state index contributed by atoms with van der Waals surface area (Å²) in [6.45, 7) is 4.48. The summed E-state index contributed by atoms with van der Waals surface area (Å²) in [5, 5.41) is 0. The predicted molar refractivity (Wildman–Crippen MR) is 51.7 cm³/mol.